The largest absolute Gasteiger partial charge is 0.312 e. The van der Waals surface area contributed by atoms with Gasteiger partial charge >= 0.3 is 0 Å². The predicted molar refractivity (Wildman–Crippen MR) is 58.0 cm³/mol. The fraction of sp³-hybridized carbons (Fsp3) is 0.333. The van der Waals surface area contributed by atoms with Gasteiger partial charge in [0.15, 0.2) is 5.78 Å². The highest BCUT2D eigenvalue weighted by Crippen LogP contribution is 2.22. The van der Waals surface area contributed by atoms with Gasteiger partial charge in [-0.1, -0.05) is 12.1 Å². The van der Waals surface area contributed by atoms with E-state index >= 15 is 0 Å². The molecule has 2 rings (SSSR count). The third-order valence-electron chi connectivity index (χ3n) is 2.64. The van der Waals surface area contributed by atoms with Gasteiger partial charge in [-0.3, -0.25) is 9.59 Å². The Labute approximate surface area is 88.7 Å². The van der Waals surface area contributed by atoms with E-state index in [1.54, 1.807) is 17.0 Å². The van der Waals surface area contributed by atoms with Crippen LogP contribution in [-0.4, -0.2) is 18.2 Å². The maximum atomic E-state index is 11.5. The molecule has 1 aliphatic heterocycles. The van der Waals surface area contributed by atoms with Crippen molar-refractivity contribution in [2.75, 3.05) is 11.4 Å². The first kappa shape index (κ1) is 9.90. The van der Waals surface area contributed by atoms with Crippen molar-refractivity contribution in [2.45, 2.75) is 19.8 Å². The van der Waals surface area contributed by atoms with E-state index in [0.29, 0.717) is 12.0 Å². The van der Waals surface area contributed by atoms with E-state index < -0.39 is 0 Å². The fourth-order valence-electron chi connectivity index (χ4n) is 1.81. The molecule has 1 fully saturated rings. The second kappa shape index (κ2) is 3.85. The van der Waals surface area contributed by atoms with Crippen LogP contribution in [0.4, 0.5) is 5.69 Å². The lowest BCUT2D eigenvalue weighted by atomic mass is 10.1. The van der Waals surface area contributed by atoms with Crippen LogP contribution in [0, 0.1) is 0 Å². The molecule has 0 radical (unpaired) electrons. The van der Waals surface area contributed by atoms with Gasteiger partial charge in [-0.05, 0) is 25.5 Å². The molecule has 0 aromatic heterocycles. The third-order valence-corrected chi connectivity index (χ3v) is 2.64. The van der Waals surface area contributed by atoms with Crippen molar-refractivity contribution in [1.82, 2.24) is 0 Å². The van der Waals surface area contributed by atoms with Crippen molar-refractivity contribution in [3.05, 3.63) is 29.8 Å². The summed E-state index contributed by atoms with van der Waals surface area (Å²) in [5, 5.41) is 0. The van der Waals surface area contributed by atoms with E-state index in [9.17, 15) is 9.59 Å². The van der Waals surface area contributed by atoms with Gasteiger partial charge in [0.2, 0.25) is 5.91 Å². The van der Waals surface area contributed by atoms with E-state index in [-0.39, 0.29) is 11.7 Å². The summed E-state index contributed by atoms with van der Waals surface area (Å²) in [6, 6.07) is 7.24. The van der Waals surface area contributed by atoms with Crippen LogP contribution < -0.4 is 4.90 Å². The number of carbonyl (C=O) groups is 2. The molecule has 0 aliphatic carbocycles. The SMILES string of the molecule is CC(=O)c1cccc(N2CCCC2=O)c1. The van der Waals surface area contributed by atoms with Crippen LogP contribution in [0.1, 0.15) is 30.1 Å². The zero-order valence-corrected chi connectivity index (χ0v) is 8.69. The molecule has 1 aliphatic rings. The van der Waals surface area contributed by atoms with Gasteiger partial charge in [0.25, 0.3) is 0 Å². The molecule has 0 bridgehead atoms. The molecule has 3 heteroatoms. The van der Waals surface area contributed by atoms with E-state index in [2.05, 4.69) is 0 Å². The van der Waals surface area contributed by atoms with Gasteiger partial charge in [-0.15, -0.1) is 0 Å². The molecule has 0 N–H and O–H groups in total. The topological polar surface area (TPSA) is 37.4 Å². The number of carbonyl (C=O) groups excluding carboxylic acids is 2. The summed E-state index contributed by atoms with van der Waals surface area (Å²) in [7, 11) is 0. The molecule has 0 spiro atoms. The minimum Gasteiger partial charge on any atom is -0.312 e. The molecular formula is C12H13NO2. The summed E-state index contributed by atoms with van der Waals surface area (Å²) < 4.78 is 0. The molecule has 0 saturated carbocycles. The van der Waals surface area contributed by atoms with Crippen LogP contribution in [0.3, 0.4) is 0 Å². The van der Waals surface area contributed by atoms with Gasteiger partial charge in [-0.2, -0.15) is 0 Å². The van der Waals surface area contributed by atoms with E-state index in [1.165, 1.54) is 6.92 Å². The minimum atomic E-state index is 0.0310. The van der Waals surface area contributed by atoms with Crippen LogP contribution in [0.5, 0.6) is 0 Å². The van der Waals surface area contributed by atoms with Crippen LogP contribution in [0.15, 0.2) is 24.3 Å². The summed E-state index contributed by atoms with van der Waals surface area (Å²) in [5.74, 6) is 0.180. The van der Waals surface area contributed by atoms with Gasteiger partial charge < -0.3 is 4.90 Å². The monoisotopic (exact) mass is 203 g/mol. The van der Waals surface area contributed by atoms with Crippen LogP contribution in [-0.2, 0) is 4.79 Å². The number of hydrogen-bond acceptors (Lipinski definition) is 2. The smallest absolute Gasteiger partial charge is 0.227 e. The number of Topliss-reactive ketones (excluding diaryl/α,β-unsaturated/α-hetero) is 1. The summed E-state index contributed by atoms with van der Waals surface area (Å²) >= 11 is 0. The second-order valence-corrected chi connectivity index (χ2v) is 3.76. The lowest BCUT2D eigenvalue weighted by molar-refractivity contribution is -0.117. The number of hydrogen-bond donors (Lipinski definition) is 0. The van der Waals surface area contributed by atoms with Crippen molar-refractivity contribution in [2.24, 2.45) is 0 Å². The highest BCUT2D eigenvalue weighted by Gasteiger charge is 2.21. The van der Waals surface area contributed by atoms with E-state index in [4.69, 9.17) is 0 Å². The van der Waals surface area contributed by atoms with Crippen molar-refractivity contribution in [3.63, 3.8) is 0 Å². The lowest BCUT2D eigenvalue weighted by Crippen LogP contribution is -2.23. The first-order valence-electron chi connectivity index (χ1n) is 5.10. The average molecular weight is 203 g/mol. The van der Waals surface area contributed by atoms with Gasteiger partial charge in [0.1, 0.15) is 0 Å². The number of anilines is 1. The Balaban J connectivity index is 2.32. The summed E-state index contributed by atoms with van der Waals surface area (Å²) in [6.45, 7) is 2.30. The van der Waals surface area contributed by atoms with Crippen molar-refractivity contribution in [1.29, 1.82) is 0 Å². The second-order valence-electron chi connectivity index (χ2n) is 3.76. The normalized spacial score (nSPS) is 15.8. The minimum absolute atomic E-state index is 0.0310. The zero-order chi connectivity index (χ0) is 10.8. The molecule has 1 saturated heterocycles. The molecule has 0 atom stereocenters. The zero-order valence-electron chi connectivity index (χ0n) is 8.69. The number of rotatable bonds is 2. The van der Waals surface area contributed by atoms with Crippen LogP contribution in [0.2, 0.25) is 0 Å². The number of ketones is 1. The van der Waals surface area contributed by atoms with Crippen LogP contribution in [0.25, 0.3) is 0 Å². The summed E-state index contributed by atoms with van der Waals surface area (Å²) in [4.78, 5) is 24.4. The maximum absolute atomic E-state index is 11.5. The van der Waals surface area contributed by atoms with E-state index in [1.807, 2.05) is 12.1 Å². The Morgan fingerprint density at radius 2 is 2.20 bits per heavy atom. The summed E-state index contributed by atoms with van der Waals surface area (Å²) in [6.07, 6.45) is 1.52. The number of nitrogens with zero attached hydrogens (tertiary/aromatic N) is 1. The predicted octanol–water partition coefficient (Wildman–Crippen LogP) is 2.02. The molecule has 3 nitrogen and oxygen atoms in total. The first-order chi connectivity index (χ1) is 7.18. The van der Waals surface area contributed by atoms with Crippen molar-refractivity contribution in [3.8, 4) is 0 Å². The Kier molecular flexibility index (Phi) is 2.54. The average Bonchev–Trinajstić information content (AvgIpc) is 2.64. The number of amides is 1. The molecule has 1 aromatic rings. The van der Waals surface area contributed by atoms with E-state index in [0.717, 1.165) is 18.7 Å². The van der Waals surface area contributed by atoms with Crippen molar-refractivity contribution < 1.29 is 9.59 Å². The molecule has 1 aromatic carbocycles. The molecule has 1 heterocycles. The molecule has 78 valence electrons. The number of benzene rings is 1. The third kappa shape index (κ3) is 1.91. The molecular weight excluding hydrogens is 190 g/mol. The standard InChI is InChI=1S/C12H13NO2/c1-9(14)10-4-2-5-11(8-10)13-7-3-6-12(13)15/h2,4-5,8H,3,6-7H2,1H3. The molecule has 0 unspecified atom stereocenters. The first-order valence-corrected chi connectivity index (χ1v) is 5.10. The van der Waals surface area contributed by atoms with Gasteiger partial charge in [0.05, 0.1) is 0 Å². The Hall–Kier alpha value is -1.64. The quantitative estimate of drug-likeness (QED) is 0.689. The highest BCUT2D eigenvalue weighted by molar-refractivity contribution is 5.98. The fourth-order valence-corrected chi connectivity index (χ4v) is 1.81. The van der Waals surface area contributed by atoms with Crippen LogP contribution >= 0.6 is 0 Å². The van der Waals surface area contributed by atoms with Gasteiger partial charge in [-0.25, -0.2) is 0 Å². The Bertz CT molecular complexity index is 412. The Morgan fingerprint density at radius 1 is 1.40 bits per heavy atom. The molecule has 1 amide bonds. The van der Waals surface area contributed by atoms with Crippen molar-refractivity contribution >= 4 is 17.4 Å². The maximum Gasteiger partial charge on any atom is 0.227 e. The summed E-state index contributed by atoms with van der Waals surface area (Å²) in [5.41, 5.74) is 1.50. The highest BCUT2D eigenvalue weighted by atomic mass is 16.2. The lowest BCUT2D eigenvalue weighted by Gasteiger charge is -2.15. The Morgan fingerprint density at radius 3 is 2.80 bits per heavy atom. The van der Waals surface area contributed by atoms with Gasteiger partial charge in [0, 0.05) is 24.2 Å². The molecule has 15 heavy (non-hydrogen) atoms.